The van der Waals surface area contributed by atoms with Crippen molar-refractivity contribution in [3.63, 3.8) is 0 Å². The molecule has 2 rings (SSSR count). The Kier molecular flexibility index (Phi) is 7.18. The molecule has 3 nitrogen and oxygen atoms in total. The van der Waals surface area contributed by atoms with Gasteiger partial charge in [0.25, 0.3) is 5.91 Å². The van der Waals surface area contributed by atoms with Crippen LogP contribution in [0.1, 0.15) is 38.1 Å². The largest absolute Gasteiger partial charge is 0.495 e. The number of rotatable bonds is 6. The Hall–Kier alpha value is -1.46. The molecular formula is C21H26BrNO2S. The number of amides is 1. The Bertz CT molecular complexity index is 767. The van der Waals surface area contributed by atoms with E-state index >= 15 is 0 Å². The molecule has 0 spiro atoms. The highest BCUT2D eigenvalue weighted by Crippen LogP contribution is 2.44. The first kappa shape index (κ1) is 20.8. The van der Waals surface area contributed by atoms with Crippen molar-refractivity contribution in [1.82, 2.24) is 4.90 Å². The lowest BCUT2D eigenvalue weighted by Gasteiger charge is -2.32. The van der Waals surface area contributed by atoms with Crippen LogP contribution in [0.25, 0.3) is 11.1 Å². The fraction of sp³-hybridized carbons (Fsp3) is 0.381. The van der Waals surface area contributed by atoms with E-state index in [1.165, 1.54) is 11.8 Å². The minimum atomic E-state index is 0.0177. The van der Waals surface area contributed by atoms with Crippen molar-refractivity contribution in [2.24, 2.45) is 0 Å². The molecular weight excluding hydrogens is 410 g/mol. The highest BCUT2D eigenvalue weighted by molar-refractivity contribution is 9.10. The molecule has 0 N–H and O–H groups in total. The second kappa shape index (κ2) is 8.96. The van der Waals surface area contributed by atoms with Crippen molar-refractivity contribution in [1.29, 1.82) is 0 Å². The van der Waals surface area contributed by atoms with E-state index in [9.17, 15) is 4.79 Å². The van der Waals surface area contributed by atoms with E-state index < -0.39 is 0 Å². The fourth-order valence-corrected chi connectivity index (χ4v) is 4.74. The van der Waals surface area contributed by atoms with Gasteiger partial charge in [0.1, 0.15) is 5.75 Å². The summed E-state index contributed by atoms with van der Waals surface area (Å²) in [5.74, 6) is 0.756. The number of hydrogen-bond acceptors (Lipinski definition) is 3. The molecule has 140 valence electrons. The van der Waals surface area contributed by atoms with E-state index in [4.69, 9.17) is 4.74 Å². The van der Waals surface area contributed by atoms with Crippen molar-refractivity contribution >= 4 is 33.6 Å². The van der Waals surface area contributed by atoms with Gasteiger partial charge in [0.05, 0.1) is 17.6 Å². The van der Waals surface area contributed by atoms with Crippen LogP contribution in [0.3, 0.4) is 0 Å². The van der Waals surface area contributed by atoms with Gasteiger partial charge < -0.3 is 9.64 Å². The maximum Gasteiger partial charge on any atom is 0.256 e. The topological polar surface area (TPSA) is 29.5 Å². The number of methoxy groups -OCH3 is 1. The molecule has 0 unspecified atom stereocenters. The molecule has 0 saturated carbocycles. The van der Waals surface area contributed by atoms with E-state index in [1.807, 2.05) is 75.2 Å². The number of thioether (sulfide) groups is 1. The summed E-state index contributed by atoms with van der Waals surface area (Å²) < 4.78 is 6.55. The van der Waals surface area contributed by atoms with Crippen molar-refractivity contribution in [3.05, 3.63) is 46.4 Å². The van der Waals surface area contributed by atoms with E-state index in [1.54, 1.807) is 7.11 Å². The van der Waals surface area contributed by atoms with Crippen LogP contribution in [0.2, 0.25) is 0 Å². The first-order valence-corrected chi connectivity index (χ1v) is 10.7. The summed E-state index contributed by atoms with van der Waals surface area (Å²) in [6.07, 6.45) is 1.98. The van der Waals surface area contributed by atoms with Crippen LogP contribution in [0.4, 0.5) is 0 Å². The number of nitrogens with zero attached hydrogens (tertiary/aromatic N) is 1. The molecule has 2 aromatic rings. The smallest absolute Gasteiger partial charge is 0.256 e. The lowest BCUT2D eigenvalue weighted by atomic mass is 10.0. The monoisotopic (exact) mass is 435 g/mol. The van der Waals surface area contributed by atoms with Crippen LogP contribution >= 0.6 is 27.7 Å². The normalized spacial score (nSPS) is 11.1. The zero-order valence-electron chi connectivity index (χ0n) is 16.2. The van der Waals surface area contributed by atoms with Gasteiger partial charge in [-0.15, -0.1) is 11.8 Å². The molecule has 0 aromatic heterocycles. The molecule has 5 heteroatoms. The van der Waals surface area contributed by atoms with Gasteiger partial charge in [-0.3, -0.25) is 4.79 Å². The van der Waals surface area contributed by atoms with Gasteiger partial charge in [-0.05, 0) is 61.5 Å². The van der Waals surface area contributed by atoms with Gasteiger partial charge >= 0.3 is 0 Å². The zero-order valence-corrected chi connectivity index (χ0v) is 18.6. The summed E-state index contributed by atoms with van der Waals surface area (Å²) in [6.45, 7) is 8.17. The number of halogens is 1. The van der Waals surface area contributed by atoms with Crippen molar-refractivity contribution in [3.8, 4) is 16.9 Å². The summed E-state index contributed by atoms with van der Waals surface area (Å²) >= 11 is 5.19. The van der Waals surface area contributed by atoms with E-state index in [-0.39, 0.29) is 18.0 Å². The Morgan fingerprint density at radius 2 is 1.69 bits per heavy atom. The average Bonchev–Trinajstić information content (AvgIpc) is 2.60. The SMILES string of the molecule is COc1c(-c2ccccc2)cc(Br)c(C(=O)N(C(C)C)C(C)C)c1SC. The summed E-state index contributed by atoms with van der Waals surface area (Å²) in [7, 11) is 1.66. The number of hydrogen-bond donors (Lipinski definition) is 0. The van der Waals surface area contributed by atoms with Gasteiger partial charge in [0.2, 0.25) is 0 Å². The average molecular weight is 436 g/mol. The lowest BCUT2D eigenvalue weighted by molar-refractivity contribution is 0.0638. The molecule has 26 heavy (non-hydrogen) atoms. The van der Waals surface area contributed by atoms with Crippen molar-refractivity contribution in [2.75, 3.05) is 13.4 Å². The predicted molar refractivity (Wildman–Crippen MR) is 114 cm³/mol. The summed E-state index contributed by atoms with van der Waals surface area (Å²) in [4.78, 5) is 16.1. The highest BCUT2D eigenvalue weighted by Gasteiger charge is 2.29. The molecule has 0 aliphatic rings. The molecule has 0 fully saturated rings. The van der Waals surface area contributed by atoms with Crippen LogP contribution in [0, 0.1) is 0 Å². The quantitative estimate of drug-likeness (QED) is 0.512. The summed E-state index contributed by atoms with van der Waals surface area (Å²) in [6, 6.07) is 12.3. The second-order valence-electron chi connectivity index (χ2n) is 6.61. The van der Waals surface area contributed by atoms with E-state index in [0.717, 1.165) is 26.2 Å². The Morgan fingerprint density at radius 1 is 1.12 bits per heavy atom. The van der Waals surface area contributed by atoms with Gasteiger partial charge in [-0.25, -0.2) is 0 Å². The van der Waals surface area contributed by atoms with E-state index in [2.05, 4.69) is 15.9 Å². The number of carbonyl (C=O) groups excluding carboxylic acids is 1. The fourth-order valence-electron chi connectivity index (χ4n) is 3.23. The predicted octanol–water partition coefficient (Wildman–Crippen LogP) is 6.11. The van der Waals surface area contributed by atoms with Gasteiger partial charge in [-0.1, -0.05) is 30.3 Å². The zero-order chi connectivity index (χ0) is 19.4. The van der Waals surface area contributed by atoms with Gasteiger partial charge in [0, 0.05) is 22.1 Å². The Morgan fingerprint density at radius 3 is 2.15 bits per heavy atom. The maximum atomic E-state index is 13.4. The van der Waals surface area contributed by atoms with Gasteiger partial charge in [0.15, 0.2) is 0 Å². The molecule has 0 radical (unpaired) electrons. The highest BCUT2D eigenvalue weighted by atomic mass is 79.9. The summed E-state index contributed by atoms with van der Waals surface area (Å²) in [5.41, 5.74) is 2.70. The first-order valence-electron chi connectivity index (χ1n) is 8.66. The maximum absolute atomic E-state index is 13.4. The number of ether oxygens (including phenoxy) is 1. The van der Waals surface area contributed by atoms with Crippen LogP contribution < -0.4 is 4.74 Å². The first-order chi connectivity index (χ1) is 12.3. The third-order valence-electron chi connectivity index (χ3n) is 4.24. The third-order valence-corrected chi connectivity index (χ3v) is 5.67. The molecule has 0 saturated heterocycles. The molecule has 1 amide bonds. The minimum absolute atomic E-state index is 0.0177. The van der Waals surface area contributed by atoms with Crippen LogP contribution in [-0.2, 0) is 0 Å². The molecule has 0 atom stereocenters. The van der Waals surface area contributed by atoms with Crippen LogP contribution in [-0.4, -0.2) is 36.3 Å². The standard InChI is InChI=1S/C21H26BrNO2S/c1-13(2)23(14(3)4)21(24)18-17(22)12-16(15-10-8-7-9-11-15)19(25-5)20(18)26-6/h7-14H,1-6H3. The minimum Gasteiger partial charge on any atom is -0.495 e. The number of benzene rings is 2. The number of carbonyl (C=O) groups is 1. The molecule has 0 heterocycles. The Balaban J connectivity index is 2.71. The van der Waals surface area contributed by atoms with Crippen LogP contribution in [0.5, 0.6) is 5.75 Å². The molecule has 0 aliphatic carbocycles. The van der Waals surface area contributed by atoms with Gasteiger partial charge in [-0.2, -0.15) is 0 Å². The Labute approximate surface area is 169 Å². The van der Waals surface area contributed by atoms with Crippen molar-refractivity contribution < 1.29 is 9.53 Å². The second-order valence-corrected chi connectivity index (χ2v) is 8.28. The third kappa shape index (κ3) is 4.09. The molecule has 2 aromatic carbocycles. The van der Waals surface area contributed by atoms with Crippen molar-refractivity contribution in [2.45, 2.75) is 44.7 Å². The summed E-state index contributed by atoms with van der Waals surface area (Å²) in [5, 5.41) is 0. The van der Waals surface area contributed by atoms with Crippen LogP contribution in [0.15, 0.2) is 45.8 Å². The lowest BCUT2D eigenvalue weighted by Crippen LogP contribution is -2.42. The molecule has 0 bridgehead atoms. The molecule has 0 aliphatic heterocycles. The van der Waals surface area contributed by atoms with E-state index in [0.29, 0.717) is 5.56 Å².